The van der Waals surface area contributed by atoms with Crippen molar-refractivity contribution in [3.05, 3.63) is 29.6 Å². The second-order valence-corrected chi connectivity index (χ2v) is 6.36. The Balaban J connectivity index is 1.66. The van der Waals surface area contributed by atoms with Crippen LogP contribution in [0.5, 0.6) is 0 Å². The first-order chi connectivity index (χ1) is 12.1. The van der Waals surface area contributed by atoms with Crippen molar-refractivity contribution in [1.82, 2.24) is 9.97 Å². The van der Waals surface area contributed by atoms with Gasteiger partial charge in [-0.2, -0.15) is 0 Å². The smallest absolute Gasteiger partial charge is 0.337 e. The van der Waals surface area contributed by atoms with Crippen molar-refractivity contribution in [2.45, 2.75) is 32.3 Å². The number of aromatic nitrogens is 2. The summed E-state index contributed by atoms with van der Waals surface area (Å²) < 4.78 is 15.3. The maximum Gasteiger partial charge on any atom is 0.337 e. The predicted molar refractivity (Wildman–Crippen MR) is 90.0 cm³/mol. The molecule has 1 aromatic heterocycles. The molecule has 3 rings (SSSR count). The number of nitrogens with zero attached hydrogens (tertiary/aromatic N) is 1. The topological polar surface area (TPSA) is 90.5 Å². The molecule has 1 saturated carbocycles. The van der Waals surface area contributed by atoms with E-state index < -0.39 is 11.4 Å². The van der Waals surface area contributed by atoms with Gasteiger partial charge in [-0.1, -0.05) is 6.42 Å². The van der Waals surface area contributed by atoms with Gasteiger partial charge in [-0.25, -0.2) is 9.78 Å². The molecule has 1 heterocycles. The Morgan fingerprint density at radius 1 is 1.28 bits per heavy atom. The van der Waals surface area contributed by atoms with Crippen LogP contribution in [0.15, 0.2) is 18.2 Å². The van der Waals surface area contributed by atoms with E-state index >= 15 is 0 Å². The average molecular weight is 346 g/mol. The summed E-state index contributed by atoms with van der Waals surface area (Å²) in [6.07, 6.45) is 3.42. The summed E-state index contributed by atoms with van der Waals surface area (Å²) in [5, 5.41) is 0. The summed E-state index contributed by atoms with van der Waals surface area (Å²) >= 11 is 0. The highest BCUT2D eigenvalue weighted by Crippen LogP contribution is 2.45. The summed E-state index contributed by atoms with van der Waals surface area (Å²) in [6.45, 7) is 0.631. The van der Waals surface area contributed by atoms with Crippen LogP contribution in [0.1, 0.15) is 41.9 Å². The van der Waals surface area contributed by atoms with E-state index in [9.17, 15) is 9.59 Å². The molecule has 0 unspecified atom stereocenters. The van der Waals surface area contributed by atoms with E-state index in [1.165, 1.54) is 7.11 Å². The Morgan fingerprint density at radius 3 is 2.72 bits per heavy atom. The van der Waals surface area contributed by atoms with Crippen molar-refractivity contribution in [3.8, 4) is 0 Å². The Bertz CT molecular complexity index is 779. The van der Waals surface area contributed by atoms with Crippen LogP contribution in [-0.2, 0) is 25.6 Å². The number of H-pyrrole nitrogens is 1. The lowest BCUT2D eigenvalue weighted by Gasteiger charge is -2.38. The Morgan fingerprint density at radius 2 is 2.08 bits per heavy atom. The van der Waals surface area contributed by atoms with Gasteiger partial charge in [-0.05, 0) is 37.5 Å². The predicted octanol–water partition coefficient (Wildman–Crippen LogP) is 2.60. The van der Waals surface area contributed by atoms with Crippen molar-refractivity contribution in [3.63, 3.8) is 0 Å². The largest absolute Gasteiger partial charge is 0.465 e. The van der Waals surface area contributed by atoms with E-state index in [0.717, 1.165) is 19.3 Å². The molecular formula is C18H22N2O5. The van der Waals surface area contributed by atoms with Gasteiger partial charge in [0, 0.05) is 13.7 Å². The van der Waals surface area contributed by atoms with Gasteiger partial charge >= 0.3 is 11.9 Å². The molecule has 1 aromatic carbocycles. The molecule has 1 aliphatic rings. The van der Waals surface area contributed by atoms with Gasteiger partial charge < -0.3 is 19.2 Å². The first-order valence-electron chi connectivity index (χ1n) is 8.31. The van der Waals surface area contributed by atoms with Crippen molar-refractivity contribution in [1.29, 1.82) is 0 Å². The number of benzene rings is 1. The van der Waals surface area contributed by atoms with E-state index in [4.69, 9.17) is 14.2 Å². The fraction of sp³-hybridized carbons (Fsp3) is 0.500. The molecule has 7 nitrogen and oxygen atoms in total. The molecule has 25 heavy (non-hydrogen) atoms. The van der Waals surface area contributed by atoms with Crippen molar-refractivity contribution in [2.24, 2.45) is 5.41 Å². The molecule has 0 saturated heterocycles. The van der Waals surface area contributed by atoms with E-state index in [0.29, 0.717) is 35.4 Å². The lowest BCUT2D eigenvalue weighted by Crippen LogP contribution is -2.40. The summed E-state index contributed by atoms with van der Waals surface area (Å²) in [7, 11) is 2.97. The minimum absolute atomic E-state index is 0.0792. The highest BCUT2D eigenvalue weighted by molar-refractivity contribution is 5.93. The molecule has 0 atom stereocenters. The van der Waals surface area contributed by atoms with Gasteiger partial charge in [0.05, 0.1) is 29.1 Å². The fourth-order valence-electron chi connectivity index (χ4n) is 3.12. The zero-order chi connectivity index (χ0) is 17.9. The molecular weight excluding hydrogens is 324 g/mol. The molecule has 1 fully saturated rings. The standard InChI is InChI=1S/C18H22N2O5/c1-23-9-8-18(6-3-7-18)17(22)25-11-15-19-13-5-4-12(16(21)24-2)10-14(13)20-15/h4-5,10H,3,6-9,11H2,1-2H3,(H,19,20). The van der Waals surface area contributed by atoms with Gasteiger partial charge in [0.15, 0.2) is 0 Å². The van der Waals surface area contributed by atoms with Gasteiger partial charge in [-0.3, -0.25) is 4.79 Å². The van der Waals surface area contributed by atoms with Crippen molar-refractivity contribution < 1.29 is 23.8 Å². The Kier molecular flexibility index (Phi) is 5.03. The SMILES string of the molecule is COCCC1(C(=O)OCc2nc3ccc(C(=O)OC)cc3[nH]2)CCC1. The minimum Gasteiger partial charge on any atom is -0.465 e. The van der Waals surface area contributed by atoms with Crippen LogP contribution in [-0.4, -0.2) is 42.7 Å². The molecule has 2 aromatic rings. The molecule has 1 aliphatic carbocycles. The summed E-state index contributed by atoms with van der Waals surface area (Å²) in [6, 6.07) is 5.06. The number of aromatic amines is 1. The Hall–Kier alpha value is -2.41. The quantitative estimate of drug-likeness (QED) is 0.775. The summed E-state index contributed by atoms with van der Waals surface area (Å²) in [5.74, 6) is -0.0485. The average Bonchev–Trinajstić information content (AvgIpc) is 3.00. The van der Waals surface area contributed by atoms with Gasteiger partial charge in [0.1, 0.15) is 12.4 Å². The van der Waals surface area contributed by atoms with Gasteiger partial charge in [-0.15, -0.1) is 0 Å². The molecule has 7 heteroatoms. The molecule has 0 spiro atoms. The monoisotopic (exact) mass is 346 g/mol. The van der Waals surface area contributed by atoms with Gasteiger partial charge in [0.2, 0.25) is 0 Å². The second kappa shape index (κ2) is 7.23. The maximum atomic E-state index is 12.4. The van der Waals surface area contributed by atoms with Crippen LogP contribution in [0.3, 0.4) is 0 Å². The van der Waals surface area contributed by atoms with E-state index in [2.05, 4.69) is 9.97 Å². The van der Waals surface area contributed by atoms with E-state index in [1.54, 1.807) is 25.3 Å². The number of imidazole rings is 1. The van der Waals surface area contributed by atoms with Crippen molar-refractivity contribution >= 4 is 23.0 Å². The molecule has 0 amide bonds. The number of carbonyl (C=O) groups excluding carboxylic acids is 2. The number of fused-ring (bicyclic) bond motifs is 1. The van der Waals surface area contributed by atoms with E-state index in [-0.39, 0.29) is 12.6 Å². The third kappa shape index (κ3) is 3.51. The Labute approximate surface area is 145 Å². The number of methoxy groups -OCH3 is 2. The molecule has 0 bridgehead atoms. The highest BCUT2D eigenvalue weighted by Gasteiger charge is 2.45. The number of hydrogen-bond acceptors (Lipinski definition) is 6. The summed E-state index contributed by atoms with van der Waals surface area (Å²) in [5.41, 5.74) is 1.44. The number of carbonyl (C=O) groups is 2. The van der Waals surface area contributed by atoms with E-state index in [1.807, 2.05) is 0 Å². The fourth-order valence-corrected chi connectivity index (χ4v) is 3.12. The third-order valence-electron chi connectivity index (χ3n) is 4.82. The molecule has 0 radical (unpaired) electrons. The molecule has 134 valence electrons. The minimum atomic E-state index is -0.408. The zero-order valence-corrected chi connectivity index (χ0v) is 14.5. The summed E-state index contributed by atoms with van der Waals surface area (Å²) in [4.78, 5) is 31.5. The zero-order valence-electron chi connectivity index (χ0n) is 14.5. The van der Waals surface area contributed by atoms with Crippen LogP contribution in [0, 0.1) is 5.41 Å². The molecule has 0 aliphatic heterocycles. The van der Waals surface area contributed by atoms with Gasteiger partial charge in [0.25, 0.3) is 0 Å². The van der Waals surface area contributed by atoms with Crippen LogP contribution in [0.25, 0.3) is 11.0 Å². The highest BCUT2D eigenvalue weighted by atomic mass is 16.5. The van der Waals surface area contributed by atoms with Crippen LogP contribution in [0.4, 0.5) is 0 Å². The lowest BCUT2D eigenvalue weighted by atomic mass is 9.67. The lowest BCUT2D eigenvalue weighted by molar-refractivity contribution is -0.165. The number of hydrogen-bond donors (Lipinski definition) is 1. The third-order valence-corrected chi connectivity index (χ3v) is 4.82. The van der Waals surface area contributed by atoms with Crippen molar-refractivity contribution in [2.75, 3.05) is 20.8 Å². The number of nitrogens with one attached hydrogen (secondary N) is 1. The maximum absolute atomic E-state index is 12.4. The number of ether oxygens (including phenoxy) is 3. The normalized spacial score (nSPS) is 15.6. The second-order valence-electron chi connectivity index (χ2n) is 6.36. The molecule has 1 N–H and O–H groups in total. The number of rotatable bonds is 7. The van der Waals surface area contributed by atoms with Crippen LogP contribution in [0.2, 0.25) is 0 Å². The first kappa shape index (κ1) is 17.4. The number of esters is 2. The van der Waals surface area contributed by atoms with Crippen LogP contribution < -0.4 is 0 Å². The first-order valence-corrected chi connectivity index (χ1v) is 8.31. The van der Waals surface area contributed by atoms with Crippen LogP contribution >= 0.6 is 0 Å².